The number of benzene rings is 2. The molecule has 178 valence electrons. The third-order valence-corrected chi connectivity index (χ3v) is 4.96. The number of carbonyl (C=O) groups excluding carboxylic acids is 3. The molecule has 33 heavy (non-hydrogen) atoms. The first-order valence-electron chi connectivity index (χ1n) is 11.1. The zero-order valence-corrected chi connectivity index (χ0v) is 19.6. The van der Waals surface area contributed by atoms with E-state index >= 15 is 0 Å². The number of hydrogen-bond donors (Lipinski definition) is 2. The third-order valence-electron chi connectivity index (χ3n) is 4.96. The first kappa shape index (κ1) is 25.7. The van der Waals surface area contributed by atoms with Crippen molar-refractivity contribution < 1.29 is 28.6 Å². The molecule has 2 atom stereocenters. The van der Waals surface area contributed by atoms with Gasteiger partial charge in [0.2, 0.25) is 0 Å². The van der Waals surface area contributed by atoms with E-state index in [-0.39, 0.29) is 6.61 Å². The predicted molar refractivity (Wildman–Crippen MR) is 124 cm³/mol. The molecule has 0 spiro atoms. The van der Waals surface area contributed by atoms with Crippen molar-refractivity contribution in [2.24, 2.45) is 0 Å². The van der Waals surface area contributed by atoms with Gasteiger partial charge >= 0.3 is 5.97 Å². The highest BCUT2D eigenvalue weighted by molar-refractivity contribution is 5.89. The van der Waals surface area contributed by atoms with Crippen LogP contribution in [-0.2, 0) is 14.3 Å². The van der Waals surface area contributed by atoms with Crippen LogP contribution in [0.1, 0.15) is 62.4 Å². The van der Waals surface area contributed by atoms with Crippen LogP contribution in [-0.4, -0.2) is 37.1 Å². The number of rotatable bonds is 11. The summed E-state index contributed by atoms with van der Waals surface area (Å²) >= 11 is 0. The van der Waals surface area contributed by atoms with Gasteiger partial charge in [0, 0.05) is 0 Å². The number of para-hydroxylation sites is 1. The number of hydrazine groups is 1. The fourth-order valence-corrected chi connectivity index (χ4v) is 2.84. The largest absolute Gasteiger partial charge is 0.484 e. The van der Waals surface area contributed by atoms with E-state index in [2.05, 4.69) is 24.7 Å². The molecule has 0 aliphatic rings. The number of nitrogens with one attached hydrogen (secondary N) is 2. The highest BCUT2D eigenvalue weighted by Crippen LogP contribution is 2.29. The second-order valence-electron chi connectivity index (χ2n) is 7.59. The zero-order valence-electron chi connectivity index (χ0n) is 19.6. The number of amides is 2. The monoisotopic (exact) mass is 456 g/mol. The van der Waals surface area contributed by atoms with E-state index in [4.69, 9.17) is 14.2 Å². The van der Waals surface area contributed by atoms with E-state index in [0.29, 0.717) is 29.6 Å². The van der Waals surface area contributed by atoms with Gasteiger partial charge in [-0.25, -0.2) is 4.79 Å². The second-order valence-corrected chi connectivity index (χ2v) is 7.59. The molecule has 2 aromatic carbocycles. The number of carbonyl (C=O) groups is 3. The van der Waals surface area contributed by atoms with Gasteiger partial charge in [-0.1, -0.05) is 39.0 Å². The molecule has 0 saturated heterocycles. The maximum Gasteiger partial charge on any atom is 0.338 e. The topological polar surface area (TPSA) is 103 Å². The molecule has 0 radical (unpaired) electrons. The normalized spacial score (nSPS) is 12.2. The minimum atomic E-state index is -0.809. The third kappa shape index (κ3) is 8.14. The van der Waals surface area contributed by atoms with Crippen LogP contribution >= 0.6 is 0 Å². The Morgan fingerprint density at radius 3 is 2.30 bits per heavy atom. The Kier molecular flexibility index (Phi) is 10.2. The lowest BCUT2D eigenvalue weighted by molar-refractivity contribution is -0.133. The molecule has 0 fully saturated rings. The first-order valence-corrected chi connectivity index (χ1v) is 11.1. The molecule has 8 heteroatoms. The first-order chi connectivity index (χ1) is 15.8. The highest BCUT2D eigenvalue weighted by Gasteiger charge is 2.18. The minimum absolute atomic E-state index is 0.296. The van der Waals surface area contributed by atoms with Crippen molar-refractivity contribution in [2.75, 3.05) is 13.2 Å². The predicted octanol–water partition coefficient (Wildman–Crippen LogP) is 3.76. The maximum atomic E-state index is 12.3. The van der Waals surface area contributed by atoms with Crippen LogP contribution in [0.2, 0.25) is 0 Å². The molecule has 0 aliphatic heterocycles. The minimum Gasteiger partial charge on any atom is -0.484 e. The number of esters is 1. The Morgan fingerprint density at radius 1 is 0.939 bits per heavy atom. The fraction of sp³-hybridized carbons (Fsp3) is 0.400. The highest BCUT2D eigenvalue weighted by atomic mass is 16.5. The van der Waals surface area contributed by atoms with Crippen LogP contribution in [0.5, 0.6) is 11.5 Å². The van der Waals surface area contributed by atoms with Gasteiger partial charge in [-0.05, 0) is 61.6 Å². The molecule has 2 amide bonds. The Hall–Kier alpha value is -3.55. The summed E-state index contributed by atoms with van der Waals surface area (Å²) in [5.74, 6) is -0.0939. The van der Waals surface area contributed by atoms with Crippen LogP contribution in [0.4, 0.5) is 0 Å². The van der Waals surface area contributed by atoms with Crippen LogP contribution < -0.4 is 20.3 Å². The molecular formula is C25H32N2O6. The van der Waals surface area contributed by atoms with E-state index < -0.39 is 23.9 Å². The SMILES string of the molecule is CCCOC(=O)c1ccc(OCC(=O)NNC(=O)C(C)Oc2ccccc2C(C)CC)cc1. The van der Waals surface area contributed by atoms with Crippen molar-refractivity contribution in [3.63, 3.8) is 0 Å². The van der Waals surface area contributed by atoms with E-state index in [1.807, 2.05) is 31.2 Å². The average Bonchev–Trinajstić information content (AvgIpc) is 2.84. The fourth-order valence-electron chi connectivity index (χ4n) is 2.84. The average molecular weight is 457 g/mol. The van der Waals surface area contributed by atoms with Gasteiger partial charge in [-0.3, -0.25) is 20.4 Å². The van der Waals surface area contributed by atoms with Gasteiger partial charge in [0.1, 0.15) is 11.5 Å². The molecule has 8 nitrogen and oxygen atoms in total. The van der Waals surface area contributed by atoms with E-state index in [1.165, 1.54) is 0 Å². The van der Waals surface area contributed by atoms with Gasteiger partial charge in [0.25, 0.3) is 11.8 Å². The van der Waals surface area contributed by atoms with Gasteiger partial charge in [0.05, 0.1) is 12.2 Å². The van der Waals surface area contributed by atoms with Crippen LogP contribution in [0.15, 0.2) is 48.5 Å². The summed E-state index contributed by atoms with van der Waals surface area (Å²) in [7, 11) is 0. The lowest BCUT2D eigenvalue weighted by atomic mass is 9.98. The summed E-state index contributed by atoms with van der Waals surface area (Å²) in [5, 5.41) is 0. The maximum absolute atomic E-state index is 12.3. The lowest BCUT2D eigenvalue weighted by Gasteiger charge is -2.19. The van der Waals surface area contributed by atoms with Gasteiger partial charge in [-0.2, -0.15) is 0 Å². The van der Waals surface area contributed by atoms with Crippen molar-refractivity contribution in [2.45, 2.75) is 52.6 Å². The van der Waals surface area contributed by atoms with Crippen molar-refractivity contribution in [3.05, 3.63) is 59.7 Å². The molecule has 0 aromatic heterocycles. The number of ether oxygens (including phenoxy) is 3. The van der Waals surface area contributed by atoms with Crippen LogP contribution in [0.25, 0.3) is 0 Å². The van der Waals surface area contributed by atoms with E-state index in [9.17, 15) is 14.4 Å². The summed E-state index contributed by atoms with van der Waals surface area (Å²) in [6.45, 7) is 7.75. The summed E-state index contributed by atoms with van der Waals surface area (Å²) < 4.78 is 16.3. The van der Waals surface area contributed by atoms with Crippen molar-refractivity contribution in [1.82, 2.24) is 10.9 Å². The standard InChI is InChI=1S/C25H32N2O6/c1-5-15-31-25(30)19-11-13-20(14-12-19)32-16-23(28)26-27-24(29)18(4)33-22-10-8-7-9-21(22)17(3)6-2/h7-14,17-18H,5-6,15-16H2,1-4H3,(H,26,28)(H,27,29). The van der Waals surface area contributed by atoms with E-state index in [1.54, 1.807) is 31.2 Å². The second kappa shape index (κ2) is 13.1. The van der Waals surface area contributed by atoms with Gasteiger partial charge in [0.15, 0.2) is 12.7 Å². The van der Waals surface area contributed by atoms with Crippen molar-refractivity contribution in [3.8, 4) is 11.5 Å². The quantitative estimate of drug-likeness (QED) is 0.394. The molecule has 0 bridgehead atoms. The molecule has 2 unspecified atom stereocenters. The Labute approximate surface area is 194 Å². The molecule has 2 N–H and O–H groups in total. The Balaban J connectivity index is 1.78. The van der Waals surface area contributed by atoms with Crippen LogP contribution in [0.3, 0.4) is 0 Å². The molecule has 0 heterocycles. The summed E-state index contributed by atoms with van der Waals surface area (Å²) in [6, 6.07) is 13.8. The molecule has 2 aromatic rings. The molecule has 0 aliphatic carbocycles. The van der Waals surface area contributed by atoms with Crippen LogP contribution in [0, 0.1) is 0 Å². The summed E-state index contributed by atoms with van der Waals surface area (Å²) in [4.78, 5) is 36.1. The molecule has 2 rings (SSSR count). The smallest absolute Gasteiger partial charge is 0.338 e. The van der Waals surface area contributed by atoms with E-state index in [0.717, 1.165) is 18.4 Å². The Morgan fingerprint density at radius 2 is 1.64 bits per heavy atom. The lowest BCUT2D eigenvalue weighted by Crippen LogP contribution is -2.48. The summed E-state index contributed by atoms with van der Waals surface area (Å²) in [5.41, 5.74) is 6.07. The zero-order chi connectivity index (χ0) is 24.2. The van der Waals surface area contributed by atoms with Crippen molar-refractivity contribution in [1.29, 1.82) is 0 Å². The summed E-state index contributed by atoms with van der Waals surface area (Å²) in [6.07, 6.45) is 0.883. The van der Waals surface area contributed by atoms with Gasteiger partial charge in [-0.15, -0.1) is 0 Å². The van der Waals surface area contributed by atoms with Crippen molar-refractivity contribution >= 4 is 17.8 Å². The molecule has 0 saturated carbocycles. The molecular weight excluding hydrogens is 424 g/mol. The Bertz CT molecular complexity index is 929. The van der Waals surface area contributed by atoms with Gasteiger partial charge < -0.3 is 14.2 Å². The number of hydrogen-bond acceptors (Lipinski definition) is 6.